The van der Waals surface area contributed by atoms with Crippen LogP contribution in [0.3, 0.4) is 0 Å². The Bertz CT molecular complexity index is 160. The van der Waals surface area contributed by atoms with E-state index >= 15 is 0 Å². The van der Waals surface area contributed by atoms with E-state index in [1.54, 1.807) is 18.9 Å². The summed E-state index contributed by atoms with van der Waals surface area (Å²) >= 11 is 4.64. The summed E-state index contributed by atoms with van der Waals surface area (Å²) in [4.78, 5) is 12.8. The zero-order valence-corrected chi connectivity index (χ0v) is 9.40. The minimum atomic E-state index is -0.00144. The highest BCUT2D eigenvalue weighted by atomic mass is 35.5. The summed E-state index contributed by atoms with van der Waals surface area (Å²) in [5.41, 5.74) is 5.87. The molecule has 0 atom stereocenters. The zero-order chi connectivity index (χ0) is 10.9. The van der Waals surface area contributed by atoms with Crippen molar-refractivity contribution in [2.24, 2.45) is 5.73 Å². The van der Waals surface area contributed by atoms with E-state index in [0.717, 1.165) is 6.42 Å². The lowest BCUT2D eigenvalue weighted by molar-refractivity contribution is -0.125. The molecule has 0 radical (unpaired) electrons. The van der Waals surface area contributed by atoms with E-state index in [2.05, 4.69) is 18.2 Å². The van der Waals surface area contributed by atoms with Gasteiger partial charge < -0.3 is 10.6 Å². The Balaban J connectivity index is 0. The number of carbonyl (C=O) groups is 1. The quantitative estimate of drug-likeness (QED) is 0.556. The van der Waals surface area contributed by atoms with Crippen LogP contribution in [0.1, 0.15) is 13.3 Å². The van der Waals surface area contributed by atoms with Crippen LogP contribution in [-0.2, 0) is 4.79 Å². The fourth-order valence-corrected chi connectivity index (χ4v) is 0.756. The molecule has 0 unspecified atom stereocenters. The number of hydrogen-bond acceptors (Lipinski definition) is 2. The van der Waals surface area contributed by atoms with Crippen molar-refractivity contribution in [1.29, 1.82) is 0 Å². The van der Waals surface area contributed by atoms with Crippen LogP contribution in [0, 0.1) is 0 Å². The van der Waals surface area contributed by atoms with Gasteiger partial charge >= 0.3 is 0 Å². The first-order chi connectivity index (χ1) is 6.09. The van der Waals surface area contributed by atoms with Crippen LogP contribution < -0.4 is 5.73 Å². The third kappa shape index (κ3) is 7.81. The number of nitrogens with zero attached hydrogens (tertiary/aromatic N) is 1. The molecule has 2 N–H and O–H groups in total. The molecule has 0 aromatic rings. The van der Waals surface area contributed by atoms with Gasteiger partial charge in [-0.3, -0.25) is 4.79 Å². The monoisotopic (exact) mass is 206 g/mol. The van der Waals surface area contributed by atoms with Gasteiger partial charge in [0.1, 0.15) is 0 Å². The lowest BCUT2D eigenvalue weighted by Gasteiger charge is -2.15. The molecular formula is C9H19ClN2O. The number of halogens is 1. The van der Waals surface area contributed by atoms with E-state index in [9.17, 15) is 4.79 Å². The van der Waals surface area contributed by atoms with E-state index in [1.807, 2.05) is 0 Å². The highest BCUT2D eigenvalue weighted by molar-refractivity contribution is 6.15. The normalized spacial score (nSPS) is 8.38. The number of amides is 1. The maximum Gasteiger partial charge on any atom is 0.248 e. The van der Waals surface area contributed by atoms with Gasteiger partial charge in [-0.1, -0.05) is 6.58 Å². The lowest BCUT2D eigenvalue weighted by atomic mass is 10.3. The topological polar surface area (TPSA) is 46.3 Å². The molecule has 0 fully saturated rings. The van der Waals surface area contributed by atoms with Gasteiger partial charge in [-0.25, -0.2) is 0 Å². The van der Waals surface area contributed by atoms with Crippen molar-refractivity contribution in [3.8, 4) is 0 Å². The first-order valence-electron chi connectivity index (χ1n) is 4.08. The van der Waals surface area contributed by atoms with Crippen LogP contribution in [-0.4, -0.2) is 37.3 Å². The zero-order valence-electron chi connectivity index (χ0n) is 8.64. The summed E-state index contributed by atoms with van der Waals surface area (Å²) in [6.45, 7) is 6.60. The molecule has 0 saturated carbocycles. The van der Waals surface area contributed by atoms with Gasteiger partial charge in [0.15, 0.2) is 0 Å². The molecule has 1 amide bonds. The second-order valence-corrected chi connectivity index (χ2v) is 2.65. The average molecular weight is 207 g/mol. The van der Waals surface area contributed by atoms with Crippen LogP contribution >= 0.6 is 11.6 Å². The van der Waals surface area contributed by atoms with E-state index in [1.165, 1.54) is 6.38 Å². The summed E-state index contributed by atoms with van der Waals surface area (Å²) < 4.78 is 0. The van der Waals surface area contributed by atoms with Crippen molar-refractivity contribution < 1.29 is 4.79 Å². The maximum atomic E-state index is 11.1. The number of alkyl halides is 1. The molecule has 0 bridgehead atoms. The standard InChI is InChI=1S/C8H16N2O.CH3Cl/c1-7(2)8(11)10(3)6-4-5-9;1-2/h1,4-6,9H2,2-3H3;1H3. The predicted molar refractivity (Wildman–Crippen MR) is 57.9 cm³/mol. The largest absolute Gasteiger partial charge is 0.342 e. The van der Waals surface area contributed by atoms with Crippen LogP contribution in [0.4, 0.5) is 0 Å². The van der Waals surface area contributed by atoms with Crippen molar-refractivity contribution in [2.45, 2.75) is 13.3 Å². The Morgan fingerprint density at radius 3 is 2.31 bits per heavy atom. The fourth-order valence-electron chi connectivity index (χ4n) is 0.756. The third-order valence-corrected chi connectivity index (χ3v) is 1.41. The van der Waals surface area contributed by atoms with E-state index in [-0.39, 0.29) is 5.91 Å². The predicted octanol–water partition coefficient (Wildman–Crippen LogP) is 1.22. The second kappa shape index (κ2) is 9.55. The summed E-state index contributed by atoms with van der Waals surface area (Å²) in [5.74, 6) is -0.00144. The van der Waals surface area contributed by atoms with Gasteiger partial charge in [0, 0.05) is 25.5 Å². The first kappa shape index (κ1) is 15.0. The van der Waals surface area contributed by atoms with Gasteiger partial charge in [0.25, 0.3) is 0 Å². The molecule has 0 aliphatic heterocycles. The molecular weight excluding hydrogens is 188 g/mol. The highest BCUT2D eigenvalue weighted by Crippen LogP contribution is 1.95. The van der Waals surface area contributed by atoms with Gasteiger partial charge in [0.2, 0.25) is 5.91 Å². The molecule has 0 aliphatic rings. The molecule has 0 spiro atoms. The minimum absolute atomic E-state index is 0.00144. The summed E-state index contributed by atoms with van der Waals surface area (Å²) in [7, 11) is 1.76. The van der Waals surface area contributed by atoms with Crippen LogP contribution in [0.5, 0.6) is 0 Å². The molecule has 0 saturated heterocycles. The average Bonchev–Trinajstić information content (AvgIpc) is 2.16. The van der Waals surface area contributed by atoms with E-state index in [0.29, 0.717) is 18.7 Å². The molecule has 0 aromatic heterocycles. The van der Waals surface area contributed by atoms with Crippen molar-refractivity contribution in [3.05, 3.63) is 12.2 Å². The van der Waals surface area contributed by atoms with E-state index in [4.69, 9.17) is 5.73 Å². The van der Waals surface area contributed by atoms with Crippen LogP contribution in [0.25, 0.3) is 0 Å². The number of carbonyl (C=O) groups excluding carboxylic acids is 1. The second-order valence-electron chi connectivity index (χ2n) is 2.65. The Labute approximate surface area is 85.5 Å². The Morgan fingerprint density at radius 2 is 2.00 bits per heavy atom. The lowest BCUT2D eigenvalue weighted by Crippen LogP contribution is -2.29. The Kier molecular flexibility index (Phi) is 11.0. The van der Waals surface area contributed by atoms with Crippen molar-refractivity contribution >= 4 is 17.5 Å². The summed E-state index contributed by atoms with van der Waals surface area (Å²) in [6, 6.07) is 0. The van der Waals surface area contributed by atoms with Crippen molar-refractivity contribution in [3.63, 3.8) is 0 Å². The maximum absolute atomic E-state index is 11.1. The summed E-state index contributed by atoms with van der Waals surface area (Å²) in [5, 5.41) is 0. The molecule has 4 heteroatoms. The van der Waals surface area contributed by atoms with Crippen molar-refractivity contribution in [1.82, 2.24) is 4.90 Å². The van der Waals surface area contributed by atoms with E-state index < -0.39 is 0 Å². The van der Waals surface area contributed by atoms with Crippen molar-refractivity contribution in [2.75, 3.05) is 26.5 Å². The number of likely N-dealkylation sites (N-methyl/N-ethyl adjacent to an activating group) is 1. The molecule has 3 nitrogen and oxygen atoms in total. The van der Waals surface area contributed by atoms with Gasteiger partial charge in [-0.05, 0) is 19.9 Å². The van der Waals surface area contributed by atoms with Gasteiger partial charge in [0.05, 0.1) is 0 Å². The SMILES string of the molecule is C=C(C)C(=O)N(C)CCCN.CCl. The van der Waals surface area contributed by atoms with Crippen LogP contribution in [0.2, 0.25) is 0 Å². The number of rotatable bonds is 4. The first-order valence-corrected chi connectivity index (χ1v) is 4.84. The Hall–Kier alpha value is -0.540. The number of hydrogen-bond donors (Lipinski definition) is 1. The molecule has 78 valence electrons. The number of nitrogens with two attached hydrogens (primary N) is 1. The molecule has 0 heterocycles. The van der Waals surface area contributed by atoms with Crippen LogP contribution in [0.15, 0.2) is 12.2 Å². The fraction of sp³-hybridized carbons (Fsp3) is 0.667. The van der Waals surface area contributed by atoms with Gasteiger partial charge in [-0.15, -0.1) is 11.6 Å². The molecule has 0 rings (SSSR count). The molecule has 13 heavy (non-hydrogen) atoms. The molecule has 0 aromatic carbocycles. The Morgan fingerprint density at radius 1 is 1.54 bits per heavy atom. The smallest absolute Gasteiger partial charge is 0.248 e. The minimum Gasteiger partial charge on any atom is -0.342 e. The third-order valence-electron chi connectivity index (χ3n) is 1.41. The molecule has 0 aliphatic carbocycles. The summed E-state index contributed by atoms with van der Waals surface area (Å²) in [6.07, 6.45) is 2.32. The highest BCUT2D eigenvalue weighted by Gasteiger charge is 2.06. The van der Waals surface area contributed by atoms with Gasteiger partial charge in [-0.2, -0.15) is 0 Å².